The fraction of sp³-hybridized carbons (Fsp3) is 0.600. The summed E-state index contributed by atoms with van der Waals surface area (Å²) in [5.41, 5.74) is 3.03. The number of rotatable bonds is 8. The van der Waals surface area contributed by atoms with Gasteiger partial charge in [0.25, 0.3) is 0 Å². The minimum absolute atomic E-state index is 0.517. The third-order valence-corrected chi connectivity index (χ3v) is 3.05. The molecule has 1 rings (SSSR count). The summed E-state index contributed by atoms with van der Waals surface area (Å²) < 4.78 is 10.4. The van der Waals surface area contributed by atoms with Gasteiger partial charge in [0.2, 0.25) is 0 Å². The van der Waals surface area contributed by atoms with Gasteiger partial charge in [0.05, 0.1) is 13.2 Å². The zero-order chi connectivity index (χ0) is 14.3. The monoisotopic (exact) mass is 267 g/mol. The molecule has 1 aromatic carbocycles. The van der Waals surface area contributed by atoms with Gasteiger partial charge in [-0.2, -0.15) is 0 Å². The van der Waals surface area contributed by atoms with Crippen molar-refractivity contribution >= 4 is 0 Å². The van der Waals surface area contributed by atoms with Crippen molar-refractivity contribution in [3.05, 3.63) is 28.8 Å². The van der Waals surface area contributed by atoms with E-state index in [2.05, 4.69) is 11.4 Å². The van der Waals surface area contributed by atoms with Crippen LogP contribution in [0.15, 0.2) is 12.1 Å². The second-order valence-electron chi connectivity index (χ2n) is 4.77. The lowest BCUT2D eigenvalue weighted by Gasteiger charge is -2.18. The summed E-state index contributed by atoms with van der Waals surface area (Å²) in [6, 6.07) is 4.04. The Morgan fingerprint density at radius 2 is 2.00 bits per heavy atom. The highest BCUT2D eigenvalue weighted by Gasteiger charge is 2.15. The van der Waals surface area contributed by atoms with Gasteiger partial charge < -0.3 is 19.9 Å². The van der Waals surface area contributed by atoms with Crippen molar-refractivity contribution in [2.24, 2.45) is 0 Å². The molecule has 108 valence electrons. The normalized spacial score (nSPS) is 12.5. The maximum atomic E-state index is 10.3. The Kier molecular flexibility index (Phi) is 6.84. The van der Waals surface area contributed by atoms with Crippen LogP contribution in [0.4, 0.5) is 0 Å². The standard InChI is InChI=1S/C15H25NO3/c1-11-8-12(2)15(19-4)13(9-11)14(17)10-16-6-5-7-18-3/h8-9,14,16-17H,5-7,10H2,1-4H3. The summed E-state index contributed by atoms with van der Waals surface area (Å²) in [4.78, 5) is 0. The van der Waals surface area contributed by atoms with Crippen LogP contribution in [0.25, 0.3) is 0 Å². The highest BCUT2D eigenvalue weighted by Crippen LogP contribution is 2.29. The molecular formula is C15H25NO3. The van der Waals surface area contributed by atoms with Crippen molar-refractivity contribution in [2.45, 2.75) is 26.4 Å². The van der Waals surface area contributed by atoms with Crippen molar-refractivity contribution in [3.63, 3.8) is 0 Å². The van der Waals surface area contributed by atoms with Crippen molar-refractivity contribution in [3.8, 4) is 5.75 Å². The quantitative estimate of drug-likeness (QED) is 0.707. The molecule has 1 aromatic rings. The lowest BCUT2D eigenvalue weighted by Crippen LogP contribution is -2.23. The molecule has 0 bridgehead atoms. The maximum absolute atomic E-state index is 10.3. The van der Waals surface area contributed by atoms with Gasteiger partial charge in [-0.3, -0.25) is 0 Å². The predicted molar refractivity (Wildman–Crippen MR) is 76.8 cm³/mol. The lowest BCUT2D eigenvalue weighted by atomic mass is 10.0. The topological polar surface area (TPSA) is 50.7 Å². The molecule has 0 radical (unpaired) electrons. The number of nitrogens with one attached hydrogen (secondary N) is 1. The number of aryl methyl sites for hydroxylation is 2. The summed E-state index contributed by atoms with van der Waals surface area (Å²) >= 11 is 0. The highest BCUT2D eigenvalue weighted by molar-refractivity contribution is 5.45. The van der Waals surface area contributed by atoms with Crippen molar-refractivity contribution in [2.75, 3.05) is 33.9 Å². The first-order valence-corrected chi connectivity index (χ1v) is 6.63. The smallest absolute Gasteiger partial charge is 0.127 e. The molecule has 0 aliphatic carbocycles. The number of ether oxygens (including phenoxy) is 2. The molecule has 0 heterocycles. The SMILES string of the molecule is COCCCNCC(O)c1cc(C)cc(C)c1OC. The van der Waals surface area contributed by atoms with Gasteiger partial charge in [-0.05, 0) is 38.4 Å². The van der Waals surface area contributed by atoms with Crippen LogP contribution >= 0.6 is 0 Å². The van der Waals surface area contributed by atoms with Gasteiger partial charge >= 0.3 is 0 Å². The van der Waals surface area contributed by atoms with Crippen LogP contribution in [0.3, 0.4) is 0 Å². The van der Waals surface area contributed by atoms with Gasteiger partial charge in [0, 0.05) is 25.8 Å². The largest absolute Gasteiger partial charge is 0.496 e. The van der Waals surface area contributed by atoms with E-state index in [0.29, 0.717) is 6.54 Å². The zero-order valence-corrected chi connectivity index (χ0v) is 12.3. The number of benzene rings is 1. The summed E-state index contributed by atoms with van der Waals surface area (Å²) in [5.74, 6) is 0.775. The first-order valence-electron chi connectivity index (χ1n) is 6.63. The second-order valence-corrected chi connectivity index (χ2v) is 4.77. The Labute approximate surface area is 115 Å². The molecule has 1 unspecified atom stereocenters. The first kappa shape index (κ1) is 16.0. The molecule has 0 spiro atoms. The Hall–Kier alpha value is -1.10. The van der Waals surface area contributed by atoms with Gasteiger partial charge in [0.15, 0.2) is 0 Å². The maximum Gasteiger partial charge on any atom is 0.127 e. The molecule has 4 nitrogen and oxygen atoms in total. The summed E-state index contributed by atoms with van der Waals surface area (Å²) in [5, 5.41) is 13.5. The molecule has 4 heteroatoms. The summed E-state index contributed by atoms with van der Waals surface area (Å²) in [6.45, 7) is 6.10. The number of aliphatic hydroxyl groups excluding tert-OH is 1. The molecule has 19 heavy (non-hydrogen) atoms. The first-order chi connectivity index (χ1) is 9.10. The van der Waals surface area contributed by atoms with E-state index in [1.165, 1.54) is 0 Å². The molecule has 0 aromatic heterocycles. The molecular weight excluding hydrogens is 242 g/mol. The zero-order valence-electron chi connectivity index (χ0n) is 12.3. The van der Waals surface area contributed by atoms with Gasteiger partial charge in [-0.1, -0.05) is 11.6 Å². The van der Waals surface area contributed by atoms with Crippen LogP contribution in [-0.4, -0.2) is 39.0 Å². The van der Waals surface area contributed by atoms with E-state index in [-0.39, 0.29) is 0 Å². The van der Waals surface area contributed by atoms with E-state index in [1.54, 1.807) is 14.2 Å². The van der Waals surface area contributed by atoms with Crippen LogP contribution in [0.2, 0.25) is 0 Å². The number of hydrogen-bond donors (Lipinski definition) is 2. The Balaban J connectivity index is 2.63. The lowest BCUT2D eigenvalue weighted by molar-refractivity contribution is 0.165. The van der Waals surface area contributed by atoms with Crippen molar-refractivity contribution in [1.29, 1.82) is 0 Å². The van der Waals surface area contributed by atoms with Gasteiger partial charge in [-0.15, -0.1) is 0 Å². The van der Waals surface area contributed by atoms with Crippen LogP contribution < -0.4 is 10.1 Å². The van der Waals surface area contributed by atoms with E-state index < -0.39 is 6.10 Å². The number of hydrogen-bond acceptors (Lipinski definition) is 4. The molecule has 0 fully saturated rings. The highest BCUT2D eigenvalue weighted by atomic mass is 16.5. The average molecular weight is 267 g/mol. The Morgan fingerprint density at radius 1 is 1.26 bits per heavy atom. The fourth-order valence-electron chi connectivity index (χ4n) is 2.20. The number of methoxy groups -OCH3 is 2. The number of aliphatic hydroxyl groups is 1. The van der Waals surface area contributed by atoms with Crippen LogP contribution in [0, 0.1) is 13.8 Å². The minimum atomic E-state index is -0.559. The van der Waals surface area contributed by atoms with E-state index in [0.717, 1.165) is 42.0 Å². The van der Waals surface area contributed by atoms with E-state index in [4.69, 9.17) is 9.47 Å². The summed E-state index contributed by atoms with van der Waals surface area (Å²) in [7, 11) is 3.33. The summed E-state index contributed by atoms with van der Waals surface area (Å²) in [6.07, 6.45) is 0.379. The van der Waals surface area contributed by atoms with E-state index in [9.17, 15) is 5.11 Å². The molecule has 0 saturated heterocycles. The van der Waals surface area contributed by atoms with Gasteiger partial charge in [-0.25, -0.2) is 0 Å². The molecule has 0 saturated carbocycles. The predicted octanol–water partition coefficient (Wildman–Crippen LogP) is 1.97. The molecule has 0 amide bonds. The van der Waals surface area contributed by atoms with Crippen LogP contribution in [-0.2, 0) is 4.74 Å². The van der Waals surface area contributed by atoms with Crippen LogP contribution in [0.1, 0.15) is 29.2 Å². The molecule has 2 N–H and O–H groups in total. The molecule has 0 aliphatic rings. The Morgan fingerprint density at radius 3 is 2.63 bits per heavy atom. The van der Waals surface area contributed by atoms with E-state index in [1.807, 2.05) is 19.9 Å². The van der Waals surface area contributed by atoms with Crippen molar-refractivity contribution < 1.29 is 14.6 Å². The van der Waals surface area contributed by atoms with Crippen molar-refractivity contribution in [1.82, 2.24) is 5.32 Å². The third kappa shape index (κ3) is 4.82. The molecule has 1 atom stereocenters. The fourth-order valence-corrected chi connectivity index (χ4v) is 2.20. The average Bonchev–Trinajstić information content (AvgIpc) is 2.37. The van der Waals surface area contributed by atoms with Crippen LogP contribution in [0.5, 0.6) is 5.75 Å². The third-order valence-electron chi connectivity index (χ3n) is 3.05. The Bertz CT molecular complexity index is 393. The van der Waals surface area contributed by atoms with Gasteiger partial charge in [0.1, 0.15) is 5.75 Å². The second kappa shape index (κ2) is 8.15. The molecule has 0 aliphatic heterocycles. The minimum Gasteiger partial charge on any atom is -0.496 e. The van der Waals surface area contributed by atoms with E-state index >= 15 is 0 Å².